The number of rotatable bonds is 4. The van der Waals surface area contributed by atoms with Gasteiger partial charge in [-0.25, -0.2) is 0 Å². The molecule has 0 radical (unpaired) electrons. The first kappa shape index (κ1) is 16.1. The van der Waals surface area contributed by atoms with Gasteiger partial charge in [0.25, 0.3) is 0 Å². The van der Waals surface area contributed by atoms with Crippen LogP contribution in [0.5, 0.6) is 0 Å². The smallest absolute Gasteiger partial charge is 0.231 e. The molecule has 0 fully saturated rings. The molecule has 2 aromatic carbocycles. The first-order chi connectivity index (χ1) is 11.6. The SMILES string of the molecule is C[C@@H]1C=C(C=O)[C@H](c2ccccc2)[C@@H]([N+](=O)[O-])[C@H]1c1ccccc1. The number of nitro groups is 1. The Bertz CT molecular complexity index is 755. The molecule has 0 saturated heterocycles. The molecule has 0 heterocycles. The maximum atomic E-state index is 12.0. The highest BCUT2D eigenvalue weighted by Crippen LogP contribution is 2.45. The number of nitrogens with zero attached hydrogens (tertiary/aromatic N) is 1. The van der Waals surface area contributed by atoms with E-state index < -0.39 is 12.0 Å². The van der Waals surface area contributed by atoms with Gasteiger partial charge in [0.15, 0.2) is 0 Å². The summed E-state index contributed by atoms with van der Waals surface area (Å²) < 4.78 is 0. The first-order valence-electron chi connectivity index (χ1n) is 8.03. The van der Waals surface area contributed by atoms with Crippen molar-refractivity contribution >= 4 is 6.29 Å². The second kappa shape index (κ2) is 6.79. The van der Waals surface area contributed by atoms with Crippen molar-refractivity contribution in [1.29, 1.82) is 0 Å². The molecule has 1 aliphatic rings. The van der Waals surface area contributed by atoms with Crippen LogP contribution in [0.1, 0.15) is 29.9 Å². The zero-order valence-electron chi connectivity index (χ0n) is 13.4. The van der Waals surface area contributed by atoms with Crippen LogP contribution in [0.2, 0.25) is 0 Å². The lowest BCUT2D eigenvalue weighted by atomic mass is 9.67. The summed E-state index contributed by atoms with van der Waals surface area (Å²) in [7, 11) is 0. The van der Waals surface area contributed by atoms with Gasteiger partial charge >= 0.3 is 0 Å². The van der Waals surface area contributed by atoms with Crippen molar-refractivity contribution in [1.82, 2.24) is 0 Å². The number of hydrogen-bond acceptors (Lipinski definition) is 3. The van der Waals surface area contributed by atoms with E-state index in [1.54, 1.807) is 0 Å². The third-order valence-electron chi connectivity index (χ3n) is 4.81. The second-order valence-corrected chi connectivity index (χ2v) is 6.24. The van der Waals surface area contributed by atoms with E-state index in [9.17, 15) is 14.9 Å². The van der Waals surface area contributed by atoms with Gasteiger partial charge < -0.3 is 0 Å². The Morgan fingerprint density at radius 1 is 0.958 bits per heavy atom. The Balaban J connectivity index is 2.16. The van der Waals surface area contributed by atoms with Gasteiger partial charge in [0, 0.05) is 10.5 Å². The van der Waals surface area contributed by atoms with Crippen LogP contribution in [0.15, 0.2) is 72.3 Å². The van der Waals surface area contributed by atoms with Crippen LogP contribution in [-0.4, -0.2) is 17.3 Å². The second-order valence-electron chi connectivity index (χ2n) is 6.24. The van der Waals surface area contributed by atoms with Crippen molar-refractivity contribution in [3.63, 3.8) is 0 Å². The largest absolute Gasteiger partial charge is 0.298 e. The molecular formula is C20H19NO3. The lowest BCUT2D eigenvalue weighted by Gasteiger charge is -2.35. The minimum absolute atomic E-state index is 0.0806. The van der Waals surface area contributed by atoms with E-state index in [1.807, 2.05) is 73.7 Å². The highest BCUT2D eigenvalue weighted by Gasteiger charge is 2.47. The fourth-order valence-electron chi connectivity index (χ4n) is 3.82. The summed E-state index contributed by atoms with van der Waals surface area (Å²) in [5.74, 6) is -0.877. The Labute approximate surface area is 141 Å². The fraction of sp³-hybridized carbons (Fsp3) is 0.250. The normalized spacial score (nSPS) is 26.5. The molecule has 1 aliphatic carbocycles. The van der Waals surface area contributed by atoms with E-state index in [0.717, 1.165) is 17.4 Å². The highest BCUT2D eigenvalue weighted by atomic mass is 16.6. The summed E-state index contributed by atoms with van der Waals surface area (Å²) in [6.45, 7) is 1.94. The van der Waals surface area contributed by atoms with E-state index in [0.29, 0.717) is 5.57 Å². The van der Waals surface area contributed by atoms with Crippen LogP contribution in [0, 0.1) is 16.0 Å². The maximum absolute atomic E-state index is 12.0. The zero-order chi connectivity index (χ0) is 17.1. The van der Waals surface area contributed by atoms with Crippen molar-refractivity contribution in [3.8, 4) is 0 Å². The number of aldehydes is 1. The van der Waals surface area contributed by atoms with Gasteiger partial charge in [-0.15, -0.1) is 0 Å². The Hall–Kier alpha value is -2.75. The summed E-state index contributed by atoms with van der Waals surface area (Å²) in [5, 5.41) is 12.0. The molecule has 24 heavy (non-hydrogen) atoms. The molecule has 0 bridgehead atoms. The van der Waals surface area contributed by atoms with Gasteiger partial charge in [0.05, 0.1) is 11.8 Å². The van der Waals surface area contributed by atoms with Crippen LogP contribution in [0.25, 0.3) is 0 Å². The first-order valence-corrected chi connectivity index (χ1v) is 8.03. The van der Waals surface area contributed by atoms with Crippen LogP contribution >= 0.6 is 0 Å². The molecule has 2 aromatic rings. The fourth-order valence-corrected chi connectivity index (χ4v) is 3.82. The lowest BCUT2D eigenvalue weighted by Crippen LogP contribution is -2.41. The average Bonchev–Trinajstić information content (AvgIpc) is 2.62. The number of benzene rings is 2. The van der Waals surface area contributed by atoms with E-state index in [-0.39, 0.29) is 16.8 Å². The molecule has 0 aromatic heterocycles. The van der Waals surface area contributed by atoms with Crippen molar-refractivity contribution in [2.24, 2.45) is 5.92 Å². The van der Waals surface area contributed by atoms with Gasteiger partial charge in [-0.2, -0.15) is 0 Å². The molecular weight excluding hydrogens is 302 g/mol. The van der Waals surface area contributed by atoms with E-state index in [2.05, 4.69) is 0 Å². The Kier molecular flexibility index (Phi) is 4.56. The predicted octanol–water partition coefficient (Wildman–Crippen LogP) is 3.97. The van der Waals surface area contributed by atoms with Crippen LogP contribution in [0.3, 0.4) is 0 Å². The Morgan fingerprint density at radius 2 is 1.50 bits per heavy atom. The summed E-state index contributed by atoms with van der Waals surface area (Å²) in [5.41, 5.74) is 2.25. The number of carbonyl (C=O) groups is 1. The summed E-state index contributed by atoms with van der Waals surface area (Å²) in [6.07, 6.45) is 2.66. The summed E-state index contributed by atoms with van der Waals surface area (Å²) in [4.78, 5) is 23.4. The molecule has 0 N–H and O–H groups in total. The Morgan fingerprint density at radius 3 is 2.00 bits per heavy atom. The number of allylic oxidation sites excluding steroid dienone is 1. The van der Waals surface area contributed by atoms with Crippen LogP contribution in [-0.2, 0) is 4.79 Å². The summed E-state index contributed by atoms with van der Waals surface area (Å²) >= 11 is 0. The van der Waals surface area contributed by atoms with E-state index in [4.69, 9.17) is 0 Å². The molecule has 0 spiro atoms. The van der Waals surface area contributed by atoms with Crippen molar-refractivity contribution in [3.05, 3.63) is 93.6 Å². The molecule has 0 saturated carbocycles. The van der Waals surface area contributed by atoms with Crippen LogP contribution in [0.4, 0.5) is 0 Å². The standard InChI is InChI=1S/C20H19NO3/c1-14-12-17(13-22)19(16-10-6-3-7-11-16)20(21(23)24)18(14)15-8-4-2-5-9-15/h2-14,18-20H,1H3/t14-,18-,19+,20+/m1/s1. The molecule has 4 heteroatoms. The average molecular weight is 321 g/mol. The molecule has 4 atom stereocenters. The number of carbonyl (C=O) groups excluding carboxylic acids is 1. The molecule has 4 nitrogen and oxygen atoms in total. The number of hydrogen-bond donors (Lipinski definition) is 0. The summed E-state index contributed by atoms with van der Waals surface area (Å²) in [6, 6.07) is 18.0. The molecule has 3 rings (SSSR count). The topological polar surface area (TPSA) is 60.2 Å². The highest BCUT2D eigenvalue weighted by molar-refractivity contribution is 5.77. The molecule has 122 valence electrons. The van der Waals surface area contributed by atoms with Gasteiger partial charge in [0.2, 0.25) is 6.04 Å². The molecule has 0 aliphatic heterocycles. The molecule has 0 unspecified atom stereocenters. The van der Waals surface area contributed by atoms with Gasteiger partial charge in [0.1, 0.15) is 6.29 Å². The van der Waals surface area contributed by atoms with Crippen molar-refractivity contribution < 1.29 is 9.72 Å². The predicted molar refractivity (Wildman–Crippen MR) is 92.5 cm³/mol. The minimum atomic E-state index is -0.866. The third-order valence-corrected chi connectivity index (χ3v) is 4.81. The van der Waals surface area contributed by atoms with Crippen LogP contribution < -0.4 is 0 Å². The van der Waals surface area contributed by atoms with E-state index >= 15 is 0 Å². The third kappa shape index (κ3) is 2.87. The lowest BCUT2D eigenvalue weighted by molar-refractivity contribution is -0.531. The monoisotopic (exact) mass is 321 g/mol. The quantitative estimate of drug-likeness (QED) is 0.486. The van der Waals surface area contributed by atoms with Gasteiger partial charge in [-0.1, -0.05) is 73.7 Å². The molecule has 0 amide bonds. The zero-order valence-corrected chi connectivity index (χ0v) is 13.4. The van der Waals surface area contributed by atoms with E-state index in [1.165, 1.54) is 0 Å². The van der Waals surface area contributed by atoms with Gasteiger partial charge in [-0.3, -0.25) is 14.9 Å². The van der Waals surface area contributed by atoms with Crippen molar-refractivity contribution in [2.45, 2.75) is 24.8 Å². The van der Waals surface area contributed by atoms with Gasteiger partial charge in [-0.05, 0) is 17.0 Å². The maximum Gasteiger partial charge on any atom is 0.231 e. The van der Waals surface area contributed by atoms with Crippen molar-refractivity contribution in [2.75, 3.05) is 0 Å². The minimum Gasteiger partial charge on any atom is -0.298 e.